The number of allylic oxidation sites excluding steroid dienone is 1. The summed E-state index contributed by atoms with van der Waals surface area (Å²) in [6, 6.07) is 19.2. The average Bonchev–Trinajstić information content (AvgIpc) is 2.80. The number of para-hydroxylation sites is 1. The summed E-state index contributed by atoms with van der Waals surface area (Å²) in [5.41, 5.74) is 7.43. The van der Waals surface area contributed by atoms with Crippen molar-refractivity contribution in [2.75, 3.05) is 0 Å². The fourth-order valence-corrected chi connectivity index (χ4v) is 3.99. The Kier molecular flexibility index (Phi) is 4.68. The average molecular weight is 426 g/mol. The van der Waals surface area contributed by atoms with Crippen molar-refractivity contribution in [2.45, 2.75) is 12.5 Å². The lowest BCUT2D eigenvalue weighted by Crippen LogP contribution is -2.34. The molecule has 156 valence electrons. The number of hydrogen-bond donors (Lipinski definition) is 1. The van der Waals surface area contributed by atoms with E-state index in [1.54, 1.807) is 67.0 Å². The van der Waals surface area contributed by atoms with Crippen molar-refractivity contribution in [3.63, 3.8) is 0 Å². The highest BCUT2D eigenvalue weighted by molar-refractivity contribution is 5.85. The molecule has 0 bridgehead atoms. The van der Waals surface area contributed by atoms with Crippen LogP contribution in [0, 0.1) is 17.1 Å². The van der Waals surface area contributed by atoms with Gasteiger partial charge in [-0.1, -0.05) is 24.3 Å². The highest BCUT2D eigenvalue weighted by Crippen LogP contribution is 2.43. The van der Waals surface area contributed by atoms with Gasteiger partial charge in [0.15, 0.2) is 24.7 Å². The monoisotopic (exact) mass is 426 g/mol. The third-order valence-electron chi connectivity index (χ3n) is 5.54. The van der Waals surface area contributed by atoms with E-state index in [9.17, 15) is 14.4 Å². The number of benzene rings is 2. The van der Waals surface area contributed by atoms with Crippen LogP contribution < -0.4 is 20.7 Å². The molecule has 0 saturated heterocycles. The molecule has 0 saturated carbocycles. The van der Waals surface area contributed by atoms with Gasteiger partial charge in [0, 0.05) is 12.1 Å². The predicted molar refractivity (Wildman–Crippen MR) is 114 cm³/mol. The molecule has 6 nitrogen and oxygen atoms in total. The SMILES string of the molecule is N#CC1=C(N)Oc2c(c(=O)oc3ccccc23)C1c1cc[n+](Cc2ccccc2F)cc1. The quantitative estimate of drug-likeness (QED) is 0.400. The molecule has 2 N–H and O–H groups in total. The van der Waals surface area contributed by atoms with Gasteiger partial charge in [-0.25, -0.2) is 13.8 Å². The van der Waals surface area contributed by atoms with Crippen LogP contribution in [0.3, 0.4) is 0 Å². The first-order valence-electron chi connectivity index (χ1n) is 9.92. The van der Waals surface area contributed by atoms with Crippen LogP contribution in [0.5, 0.6) is 5.75 Å². The molecule has 1 aliphatic heterocycles. The Morgan fingerprint density at radius 3 is 2.53 bits per heavy atom. The summed E-state index contributed by atoms with van der Waals surface area (Å²) < 4.78 is 27.0. The molecule has 0 spiro atoms. The zero-order valence-corrected chi connectivity index (χ0v) is 16.8. The second kappa shape index (κ2) is 7.67. The van der Waals surface area contributed by atoms with Gasteiger partial charge in [0.05, 0.1) is 22.4 Å². The number of aromatic nitrogens is 1. The number of hydrogen-bond acceptors (Lipinski definition) is 5. The van der Waals surface area contributed by atoms with Gasteiger partial charge in [-0.2, -0.15) is 5.26 Å². The number of rotatable bonds is 3. The molecular weight excluding hydrogens is 409 g/mol. The summed E-state index contributed by atoms with van der Waals surface area (Å²) in [5.74, 6) is -0.785. The zero-order chi connectivity index (χ0) is 22.2. The van der Waals surface area contributed by atoms with Gasteiger partial charge in [0.2, 0.25) is 5.88 Å². The molecule has 1 unspecified atom stereocenters. The first-order chi connectivity index (χ1) is 15.6. The molecule has 0 amide bonds. The van der Waals surface area contributed by atoms with Gasteiger partial charge in [-0.15, -0.1) is 0 Å². The van der Waals surface area contributed by atoms with E-state index in [4.69, 9.17) is 14.9 Å². The van der Waals surface area contributed by atoms with E-state index < -0.39 is 11.5 Å². The second-order valence-electron chi connectivity index (χ2n) is 7.45. The summed E-state index contributed by atoms with van der Waals surface area (Å²) >= 11 is 0. The number of halogens is 1. The van der Waals surface area contributed by atoms with Gasteiger partial charge in [0.1, 0.15) is 23.0 Å². The smallest absolute Gasteiger partial charge is 0.344 e. The van der Waals surface area contributed by atoms with E-state index in [0.29, 0.717) is 34.4 Å². The fraction of sp³-hybridized carbons (Fsp3) is 0.0800. The lowest BCUT2D eigenvalue weighted by Gasteiger charge is -2.25. The third kappa shape index (κ3) is 3.19. The van der Waals surface area contributed by atoms with Crippen LogP contribution in [-0.2, 0) is 6.54 Å². The van der Waals surface area contributed by atoms with Crippen molar-refractivity contribution < 1.29 is 18.1 Å². The Bertz CT molecular complexity index is 1480. The van der Waals surface area contributed by atoms with E-state index >= 15 is 0 Å². The minimum atomic E-state index is -0.743. The first-order valence-corrected chi connectivity index (χ1v) is 9.92. The van der Waals surface area contributed by atoms with Crippen LogP contribution in [0.25, 0.3) is 11.0 Å². The maximum Gasteiger partial charge on any atom is 0.344 e. The Morgan fingerprint density at radius 1 is 1.06 bits per heavy atom. The van der Waals surface area contributed by atoms with E-state index in [-0.39, 0.29) is 22.8 Å². The van der Waals surface area contributed by atoms with E-state index in [0.717, 1.165) is 0 Å². The Labute approximate surface area is 182 Å². The van der Waals surface area contributed by atoms with Crippen LogP contribution in [0.2, 0.25) is 0 Å². The lowest BCUT2D eigenvalue weighted by atomic mass is 9.84. The standard InChI is InChI=1S/C25H17FN3O3/c26-19-7-3-1-5-16(19)14-29-11-9-15(10-12-29)21-18(13-27)24(28)32-23-17-6-2-4-8-20(17)31-25(30)22(21)23/h1-12,21H,14,28H2/q+1. The largest absolute Gasteiger partial charge is 0.439 e. The normalized spacial score (nSPS) is 15.2. The number of nitriles is 1. The number of ether oxygens (including phenoxy) is 1. The molecule has 2 aromatic heterocycles. The molecule has 2 aromatic carbocycles. The molecule has 0 fully saturated rings. The van der Waals surface area contributed by atoms with Gasteiger partial charge < -0.3 is 14.9 Å². The van der Waals surface area contributed by atoms with Crippen molar-refractivity contribution in [1.29, 1.82) is 5.26 Å². The highest BCUT2D eigenvalue weighted by atomic mass is 19.1. The Morgan fingerprint density at radius 2 is 1.78 bits per heavy atom. The molecule has 1 atom stereocenters. The van der Waals surface area contributed by atoms with Gasteiger partial charge in [-0.05, 0) is 29.8 Å². The first kappa shape index (κ1) is 19.5. The van der Waals surface area contributed by atoms with Crippen LogP contribution in [0.15, 0.2) is 93.7 Å². The summed E-state index contributed by atoms with van der Waals surface area (Å²) in [6.07, 6.45) is 3.54. The van der Waals surface area contributed by atoms with Crippen molar-refractivity contribution in [2.24, 2.45) is 5.73 Å². The number of nitrogens with two attached hydrogens (primary N) is 1. The minimum Gasteiger partial charge on any atom is -0.439 e. The summed E-state index contributed by atoms with van der Waals surface area (Å²) in [4.78, 5) is 12.9. The molecule has 0 aliphatic carbocycles. The highest BCUT2D eigenvalue weighted by Gasteiger charge is 2.35. The number of nitrogens with zero attached hydrogens (tertiary/aromatic N) is 2. The summed E-state index contributed by atoms with van der Waals surface area (Å²) in [7, 11) is 0. The van der Waals surface area contributed by atoms with Crippen molar-refractivity contribution >= 4 is 11.0 Å². The van der Waals surface area contributed by atoms with Crippen LogP contribution >= 0.6 is 0 Å². The zero-order valence-electron chi connectivity index (χ0n) is 16.8. The molecule has 0 radical (unpaired) electrons. The minimum absolute atomic E-state index is 0.0520. The van der Waals surface area contributed by atoms with Crippen molar-refractivity contribution in [3.8, 4) is 11.8 Å². The van der Waals surface area contributed by atoms with Crippen LogP contribution in [-0.4, -0.2) is 0 Å². The van der Waals surface area contributed by atoms with Gasteiger partial charge >= 0.3 is 5.63 Å². The molecule has 32 heavy (non-hydrogen) atoms. The maximum absolute atomic E-state index is 14.0. The third-order valence-corrected chi connectivity index (χ3v) is 5.54. The number of pyridine rings is 1. The topological polar surface area (TPSA) is 93.1 Å². The molecular formula is C25H17FN3O3+. The summed E-state index contributed by atoms with van der Waals surface area (Å²) in [5, 5.41) is 10.4. The van der Waals surface area contributed by atoms with Gasteiger partial charge in [0.25, 0.3) is 0 Å². The van der Waals surface area contributed by atoms with E-state index in [2.05, 4.69) is 6.07 Å². The van der Waals surface area contributed by atoms with Gasteiger partial charge in [-0.3, -0.25) is 0 Å². The Hall–Kier alpha value is -4.44. The fourth-order valence-electron chi connectivity index (χ4n) is 3.99. The lowest BCUT2D eigenvalue weighted by molar-refractivity contribution is -0.688. The second-order valence-corrected chi connectivity index (χ2v) is 7.45. The summed E-state index contributed by atoms with van der Waals surface area (Å²) in [6.45, 7) is 0.340. The molecule has 7 heteroatoms. The van der Waals surface area contributed by atoms with E-state index in [1.165, 1.54) is 6.07 Å². The van der Waals surface area contributed by atoms with Crippen molar-refractivity contribution in [1.82, 2.24) is 0 Å². The maximum atomic E-state index is 14.0. The Balaban J connectivity index is 1.62. The number of fused-ring (bicyclic) bond motifs is 3. The van der Waals surface area contributed by atoms with Crippen molar-refractivity contribution in [3.05, 3.63) is 117 Å². The van der Waals surface area contributed by atoms with Crippen LogP contribution in [0.1, 0.15) is 22.6 Å². The molecule has 4 aromatic rings. The van der Waals surface area contributed by atoms with E-state index in [1.807, 2.05) is 4.57 Å². The molecule has 5 rings (SSSR count). The molecule has 3 heterocycles. The predicted octanol–water partition coefficient (Wildman–Crippen LogP) is 3.49. The molecule has 1 aliphatic rings. The van der Waals surface area contributed by atoms with Crippen LogP contribution in [0.4, 0.5) is 4.39 Å².